The van der Waals surface area contributed by atoms with E-state index < -0.39 is 0 Å². The smallest absolute Gasteiger partial charge is 0.0577 e. The van der Waals surface area contributed by atoms with E-state index in [1.807, 2.05) is 0 Å². The van der Waals surface area contributed by atoms with Crippen molar-refractivity contribution in [1.82, 2.24) is 0 Å². The third-order valence-corrected chi connectivity index (χ3v) is 11.6. The zero-order valence-electron chi connectivity index (χ0n) is 20.7. The number of hydrogen-bond donors (Lipinski definition) is 2. The average Bonchev–Trinajstić information content (AvgIpc) is 3.04. The number of rotatable bonds is 5. The third kappa shape index (κ3) is 3.70. The summed E-state index contributed by atoms with van der Waals surface area (Å²) in [6.45, 7) is 14.8. The van der Waals surface area contributed by atoms with Gasteiger partial charge in [-0.15, -0.1) is 0 Å². The molecule has 2 heteroatoms. The van der Waals surface area contributed by atoms with Gasteiger partial charge >= 0.3 is 0 Å². The molecule has 0 bridgehead atoms. The molecule has 0 aliphatic heterocycles. The molecule has 2 unspecified atom stereocenters. The zero-order valence-corrected chi connectivity index (χ0v) is 20.7. The van der Waals surface area contributed by atoms with Gasteiger partial charge in [-0.05, 0) is 110 Å². The van der Waals surface area contributed by atoms with E-state index in [4.69, 9.17) is 0 Å². The van der Waals surface area contributed by atoms with Gasteiger partial charge in [0.05, 0.1) is 12.2 Å². The third-order valence-electron chi connectivity index (χ3n) is 11.6. The van der Waals surface area contributed by atoms with Gasteiger partial charge in [-0.3, -0.25) is 0 Å². The Balaban J connectivity index is 1.49. The maximum atomic E-state index is 11.2. The SMILES string of the molecule is CC(C)[C@H](C)CC[C@@H](C)[C@H]1CC[C@H]2[C@@H]3C[C@H](O)C4CC(O)CC[C@]4(C)[C@H]3CC[C@]12C. The van der Waals surface area contributed by atoms with E-state index >= 15 is 0 Å². The minimum Gasteiger partial charge on any atom is -0.393 e. The summed E-state index contributed by atoms with van der Waals surface area (Å²) in [6, 6.07) is 0. The second-order valence-corrected chi connectivity index (χ2v) is 13.2. The van der Waals surface area contributed by atoms with Crippen LogP contribution in [0, 0.1) is 58.2 Å². The van der Waals surface area contributed by atoms with Gasteiger partial charge in [-0.25, -0.2) is 0 Å². The van der Waals surface area contributed by atoms with Crippen LogP contribution in [-0.2, 0) is 0 Å². The van der Waals surface area contributed by atoms with Crippen LogP contribution >= 0.6 is 0 Å². The molecule has 0 heterocycles. The molecule has 174 valence electrons. The molecule has 4 rings (SSSR count). The molecule has 2 nitrogen and oxygen atoms in total. The van der Waals surface area contributed by atoms with E-state index in [9.17, 15) is 10.2 Å². The lowest BCUT2D eigenvalue weighted by Gasteiger charge is -2.62. The van der Waals surface area contributed by atoms with Crippen LogP contribution in [0.3, 0.4) is 0 Å². The van der Waals surface area contributed by atoms with Crippen molar-refractivity contribution in [3.8, 4) is 0 Å². The molecule has 0 saturated heterocycles. The fourth-order valence-corrected chi connectivity index (χ4v) is 9.31. The molecular formula is C28H50O2. The zero-order chi connectivity index (χ0) is 21.8. The fraction of sp³-hybridized carbons (Fsp3) is 1.00. The molecule has 4 saturated carbocycles. The first kappa shape index (κ1) is 23.1. The van der Waals surface area contributed by atoms with E-state index in [0.717, 1.165) is 61.2 Å². The van der Waals surface area contributed by atoms with Crippen LogP contribution in [0.1, 0.15) is 106 Å². The summed E-state index contributed by atoms with van der Waals surface area (Å²) in [6.07, 6.45) is 11.8. The molecule has 11 atom stereocenters. The van der Waals surface area contributed by atoms with Crippen LogP contribution in [0.4, 0.5) is 0 Å². The van der Waals surface area contributed by atoms with Crippen LogP contribution in [0.15, 0.2) is 0 Å². The van der Waals surface area contributed by atoms with Crippen LogP contribution in [0.5, 0.6) is 0 Å². The molecule has 0 spiro atoms. The first-order valence-electron chi connectivity index (χ1n) is 13.4. The Bertz CT molecular complexity index is 601. The molecule has 0 amide bonds. The van der Waals surface area contributed by atoms with Crippen LogP contribution < -0.4 is 0 Å². The topological polar surface area (TPSA) is 40.5 Å². The predicted octanol–water partition coefficient (Wildman–Crippen LogP) is 6.69. The summed E-state index contributed by atoms with van der Waals surface area (Å²) >= 11 is 0. The number of aliphatic hydroxyl groups excluding tert-OH is 2. The Morgan fingerprint density at radius 3 is 2.13 bits per heavy atom. The Kier molecular flexibility index (Phi) is 6.44. The normalized spacial score (nSPS) is 50.5. The van der Waals surface area contributed by atoms with Gasteiger partial charge < -0.3 is 10.2 Å². The summed E-state index contributed by atoms with van der Waals surface area (Å²) in [4.78, 5) is 0. The molecule has 0 aromatic heterocycles. The van der Waals surface area contributed by atoms with Gasteiger partial charge in [-0.2, -0.15) is 0 Å². The lowest BCUT2D eigenvalue weighted by Crippen LogP contribution is -2.58. The summed E-state index contributed by atoms with van der Waals surface area (Å²) in [5, 5.41) is 21.5. The number of aliphatic hydroxyl groups is 2. The minimum atomic E-state index is -0.197. The first-order valence-corrected chi connectivity index (χ1v) is 13.4. The van der Waals surface area contributed by atoms with Crippen molar-refractivity contribution in [2.75, 3.05) is 0 Å². The molecule has 0 aromatic carbocycles. The molecule has 0 radical (unpaired) electrons. The minimum absolute atomic E-state index is 0.187. The Morgan fingerprint density at radius 2 is 1.43 bits per heavy atom. The van der Waals surface area contributed by atoms with Crippen molar-refractivity contribution >= 4 is 0 Å². The summed E-state index contributed by atoms with van der Waals surface area (Å²) in [7, 11) is 0. The molecule has 4 fully saturated rings. The second-order valence-electron chi connectivity index (χ2n) is 13.2. The Labute approximate surface area is 186 Å². The van der Waals surface area contributed by atoms with Gasteiger partial charge in [0, 0.05) is 0 Å². The van der Waals surface area contributed by atoms with E-state index in [2.05, 4.69) is 41.5 Å². The molecule has 30 heavy (non-hydrogen) atoms. The molecule has 0 aromatic rings. The highest BCUT2D eigenvalue weighted by Crippen LogP contribution is 2.68. The van der Waals surface area contributed by atoms with Crippen LogP contribution in [0.2, 0.25) is 0 Å². The number of hydrogen-bond acceptors (Lipinski definition) is 2. The summed E-state index contributed by atoms with van der Waals surface area (Å²) in [5.74, 6) is 5.95. The van der Waals surface area contributed by atoms with Crippen molar-refractivity contribution in [2.45, 2.75) is 118 Å². The van der Waals surface area contributed by atoms with Gasteiger partial charge in [0.1, 0.15) is 0 Å². The van der Waals surface area contributed by atoms with Gasteiger partial charge in [-0.1, -0.05) is 54.4 Å². The standard InChI is InChI=1S/C28H50O2/c1-17(2)18(3)7-8-19(4)22-9-10-23-21-16-26(30)25-15-20(29)11-13-28(25,6)24(21)12-14-27(22,23)5/h17-26,29-30H,7-16H2,1-6H3/t18-,19-,20?,21+,22-,23+,24+,25?,26+,27-,28-/m1/s1. The molecule has 2 N–H and O–H groups in total. The van der Waals surface area contributed by atoms with Crippen molar-refractivity contribution in [2.24, 2.45) is 58.2 Å². The summed E-state index contributed by atoms with van der Waals surface area (Å²) < 4.78 is 0. The monoisotopic (exact) mass is 418 g/mol. The van der Waals surface area contributed by atoms with E-state index in [0.29, 0.717) is 17.3 Å². The second kappa shape index (κ2) is 8.36. The molecular weight excluding hydrogens is 368 g/mol. The highest BCUT2D eigenvalue weighted by molar-refractivity contribution is 5.11. The molecule has 4 aliphatic carbocycles. The van der Waals surface area contributed by atoms with Gasteiger partial charge in [0.2, 0.25) is 0 Å². The maximum absolute atomic E-state index is 11.2. The van der Waals surface area contributed by atoms with Gasteiger partial charge in [0.15, 0.2) is 0 Å². The Morgan fingerprint density at radius 1 is 0.767 bits per heavy atom. The molecule has 4 aliphatic rings. The first-order chi connectivity index (χ1) is 14.1. The predicted molar refractivity (Wildman–Crippen MR) is 125 cm³/mol. The van der Waals surface area contributed by atoms with E-state index in [1.165, 1.54) is 38.5 Å². The van der Waals surface area contributed by atoms with Crippen molar-refractivity contribution < 1.29 is 10.2 Å². The highest BCUT2D eigenvalue weighted by atomic mass is 16.3. The highest BCUT2D eigenvalue weighted by Gasteiger charge is 2.62. The summed E-state index contributed by atoms with van der Waals surface area (Å²) in [5.41, 5.74) is 0.734. The maximum Gasteiger partial charge on any atom is 0.0577 e. The number of fused-ring (bicyclic) bond motifs is 5. The lowest BCUT2D eigenvalue weighted by atomic mass is 9.43. The van der Waals surface area contributed by atoms with Gasteiger partial charge in [0.25, 0.3) is 0 Å². The largest absolute Gasteiger partial charge is 0.393 e. The van der Waals surface area contributed by atoms with Crippen molar-refractivity contribution in [3.05, 3.63) is 0 Å². The van der Waals surface area contributed by atoms with E-state index in [-0.39, 0.29) is 17.6 Å². The van der Waals surface area contributed by atoms with Crippen molar-refractivity contribution in [1.29, 1.82) is 0 Å². The average molecular weight is 419 g/mol. The quantitative estimate of drug-likeness (QED) is 0.522. The lowest BCUT2D eigenvalue weighted by molar-refractivity contribution is -0.172. The Hall–Kier alpha value is -0.0800. The van der Waals surface area contributed by atoms with Crippen LogP contribution in [-0.4, -0.2) is 22.4 Å². The van der Waals surface area contributed by atoms with Crippen LogP contribution in [0.25, 0.3) is 0 Å². The fourth-order valence-electron chi connectivity index (χ4n) is 9.31. The van der Waals surface area contributed by atoms with E-state index in [1.54, 1.807) is 0 Å². The van der Waals surface area contributed by atoms with Crippen molar-refractivity contribution in [3.63, 3.8) is 0 Å².